The number of fused-ring (bicyclic) bond motifs is 1. The highest BCUT2D eigenvalue weighted by atomic mass is 15.2. The van der Waals surface area contributed by atoms with Crippen molar-refractivity contribution >= 4 is 17.0 Å². The number of rotatable bonds is 2. The van der Waals surface area contributed by atoms with Crippen molar-refractivity contribution in [3.63, 3.8) is 0 Å². The Morgan fingerprint density at radius 3 is 2.50 bits per heavy atom. The predicted molar refractivity (Wildman–Crippen MR) is 73.4 cm³/mol. The maximum absolute atomic E-state index is 6.02. The topological polar surface area (TPSA) is 69.9 Å². The molecule has 0 bridgehead atoms. The predicted octanol–water partition coefficient (Wildman–Crippen LogP) is 2.07. The van der Waals surface area contributed by atoms with Crippen molar-refractivity contribution in [1.82, 2.24) is 9.55 Å². The van der Waals surface area contributed by atoms with Gasteiger partial charge in [-0.3, -0.25) is 4.57 Å². The number of hydrogen-bond acceptors (Lipinski definition) is 3. The SMILES string of the molecule is NCc1cccc2c1nc(N)n2-c1ccccc1. The Balaban J connectivity index is 2.34. The second-order valence-electron chi connectivity index (χ2n) is 4.13. The quantitative estimate of drug-likeness (QED) is 0.718. The van der Waals surface area contributed by atoms with E-state index in [1.807, 2.05) is 53.1 Å². The minimum atomic E-state index is 0.461. The summed E-state index contributed by atoms with van der Waals surface area (Å²) in [7, 11) is 0. The Morgan fingerprint density at radius 1 is 1.00 bits per heavy atom. The van der Waals surface area contributed by atoms with Crippen LogP contribution in [0.25, 0.3) is 16.7 Å². The van der Waals surface area contributed by atoms with Gasteiger partial charge in [0, 0.05) is 12.2 Å². The van der Waals surface area contributed by atoms with Crippen molar-refractivity contribution in [2.75, 3.05) is 5.73 Å². The Labute approximate surface area is 105 Å². The van der Waals surface area contributed by atoms with E-state index in [2.05, 4.69) is 4.98 Å². The average molecular weight is 238 g/mol. The molecule has 0 amide bonds. The summed E-state index contributed by atoms with van der Waals surface area (Å²) in [6.07, 6.45) is 0. The molecule has 4 heteroatoms. The molecule has 4 N–H and O–H groups in total. The summed E-state index contributed by atoms with van der Waals surface area (Å²) >= 11 is 0. The number of hydrogen-bond donors (Lipinski definition) is 2. The van der Waals surface area contributed by atoms with Gasteiger partial charge in [0.05, 0.1) is 11.0 Å². The van der Waals surface area contributed by atoms with Crippen molar-refractivity contribution in [3.05, 3.63) is 54.1 Å². The number of nitrogen functional groups attached to an aromatic ring is 1. The standard InChI is InChI=1S/C14H14N4/c15-9-10-5-4-8-12-13(10)17-14(16)18(12)11-6-2-1-3-7-11/h1-8H,9,15H2,(H2,16,17). The van der Waals surface area contributed by atoms with E-state index in [1.54, 1.807) is 0 Å². The maximum atomic E-state index is 6.02. The first kappa shape index (κ1) is 10.8. The number of aromatic nitrogens is 2. The van der Waals surface area contributed by atoms with E-state index in [9.17, 15) is 0 Å². The van der Waals surface area contributed by atoms with Gasteiger partial charge >= 0.3 is 0 Å². The zero-order valence-electron chi connectivity index (χ0n) is 9.88. The molecule has 0 aliphatic rings. The molecule has 0 saturated carbocycles. The fourth-order valence-electron chi connectivity index (χ4n) is 2.19. The first-order valence-corrected chi connectivity index (χ1v) is 5.82. The summed E-state index contributed by atoms with van der Waals surface area (Å²) in [4.78, 5) is 4.42. The summed E-state index contributed by atoms with van der Waals surface area (Å²) in [5.74, 6) is 0.483. The monoisotopic (exact) mass is 238 g/mol. The molecule has 0 radical (unpaired) electrons. The van der Waals surface area contributed by atoms with Crippen LogP contribution in [0.15, 0.2) is 48.5 Å². The van der Waals surface area contributed by atoms with Gasteiger partial charge in [-0.15, -0.1) is 0 Å². The number of benzene rings is 2. The highest BCUT2D eigenvalue weighted by Crippen LogP contribution is 2.25. The second-order valence-corrected chi connectivity index (χ2v) is 4.13. The normalized spacial score (nSPS) is 10.9. The molecule has 0 unspecified atom stereocenters. The molecule has 0 saturated heterocycles. The largest absolute Gasteiger partial charge is 0.369 e. The van der Waals surface area contributed by atoms with E-state index in [0.717, 1.165) is 22.3 Å². The molecule has 3 rings (SSSR count). The lowest BCUT2D eigenvalue weighted by Crippen LogP contribution is -2.00. The maximum Gasteiger partial charge on any atom is 0.205 e. The van der Waals surface area contributed by atoms with Gasteiger partial charge in [0.1, 0.15) is 0 Å². The lowest BCUT2D eigenvalue weighted by atomic mass is 10.2. The van der Waals surface area contributed by atoms with Gasteiger partial charge in [-0.2, -0.15) is 0 Å². The third kappa shape index (κ3) is 1.55. The smallest absolute Gasteiger partial charge is 0.205 e. The summed E-state index contributed by atoms with van der Waals surface area (Å²) in [6.45, 7) is 0.461. The summed E-state index contributed by atoms with van der Waals surface area (Å²) in [5, 5.41) is 0. The van der Waals surface area contributed by atoms with Crippen molar-refractivity contribution in [1.29, 1.82) is 0 Å². The van der Waals surface area contributed by atoms with E-state index in [1.165, 1.54) is 0 Å². The van der Waals surface area contributed by atoms with Crippen molar-refractivity contribution in [2.24, 2.45) is 5.73 Å². The number of nitrogens with two attached hydrogens (primary N) is 2. The Hall–Kier alpha value is -2.33. The molecular weight excluding hydrogens is 224 g/mol. The molecule has 0 atom stereocenters. The highest BCUT2D eigenvalue weighted by molar-refractivity contribution is 5.83. The fourth-order valence-corrected chi connectivity index (χ4v) is 2.19. The summed E-state index contributed by atoms with van der Waals surface area (Å²) in [5.41, 5.74) is 15.6. The molecule has 0 fully saturated rings. The molecule has 0 spiro atoms. The van der Waals surface area contributed by atoms with Crippen LogP contribution >= 0.6 is 0 Å². The molecular formula is C14H14N4. The minimum Gasteiger partial charge on any atom is -0.369 e. The van der Waals surface area contributed by atoms with Crippen molar-refractivity contribution in [2.45, 2.75) is 6.54 Å². The first-order valence-electron chi connectivity index (χ1n) is 5.82. The first-order chi connectivity index (χ1) is 8.81. The van der Waals surface area contributed by atoms with Crippen LogP contribution in [-0.2, 0) is 6.54 Å². The number of para-hydroxylation sites is 2. The fraction of sp³-hybridized carbons (Fsp3) is 0.0714. The van der Waals surface area contributed by atoms with E-state index in [4.69, 9.17) is 11.5 Å². The van der Waals surface area contributed by atoms with Gasteiger partial charge in [0.2, 0.25) is 5.95 Å². The molecule has 90 valence electrons. The number of anilines is 1. The Kier molecular flexibility index (Phi) is 2.50. The van der Waals surface area contributed by atoms with Crippen LogP contribution in [0.1, 0.15) is 5.56 Å². The van der Waals surface area contributed by atoms with E-state index < -0.39 is 0 Å². The van der Waals surface area contributed by atoms with Crippen LogP contribution in [0.5, 0.6) is 0 Å². The summed E-state index contributed by atoms with van der Waals surface area (Å²) in [6, 6.07) is 15.9. The van der Waals surface area contributed by atoms with Gasteiger partial charge in [-0.1, -0.05) is 30.3 Å². The number of nitrogens with zero attached hydrogens (tertiary/aromatic N) is 2. The third-order valence-electron chi connectivity index (χ3n) is 3.03. The van der Waals surface area contributed by atoms with Gasteiger partial charge in [0.15, 0.2) is 0 Å². The van der Waals surface area contributed by atoms with Gasteiger partial charge in [-0.25, -0.2) is 4.98 Å². The second kappa shape index (κ2) is 4.16. The van der Waals surface area contributed by atoms with E-state index >= 15 is 0 Å². The molecule has 2 aromatic carbocycles. The lowest BCUT2D eigenvalue weighted by Gasteiger charge is -2.06. The molecule has 3 aromatic rings. The molecule has 1 heterocycles. The molecule has 0 aliphatic heterocycles. The van der Waals surface area contributed by atoms with Crippen LogP contribution in [0, 0.1) is 0 Å². The van der Waals surface area contributed by atoms with Crippen LogP contribution in [0.3, 0.4) is 0 Å². The molecule has 1 aromatic heterocycles. The minimum absolute atomic E-state index is 0.461. The molecule has 0 aliphatic carbocycles. The van der Waals surface area contributed by atoms with Gasteiger partial charge < -0.3 is 11.5 Å². The van der Waals surface area contributed by atoms with Crippen molar-refractivity contribution < 1.29 is 0 Å². The highest BCUT2D eigenvalue weighted by Gasteiger charge is 2.11. The Bertz CT molecular complexity index is 686. The van der Waals surface area contributed by atoms with Gasteiger partial charge in [0.25, 0.3) is 0 Å². The van der Waals surface area contributed by atoms with E-state index in [-0.39, 0.29) is 0 Å². The van der Waals surface area contributed by atoms with Crippen LogP contribution < -0.4 is 11.5 Å². The van der Waals surface area contributed by atoms with Crippen LogP contribution in [0.2, 0.25) is 0 Å². The van der Waals surface area contributed by atoms with Gasteiger partial charge in [-0.05, 0) is 23.8 Å². The summed E-state index contributed by atoms with van der Waals surface area (Å²) < 4.78 is 1.94. The van der Waals surface area contributed by atoms with Crippen LogP contribution in [-0.4, -0.2) is 9.55 Å². The average Bonchev–Trinajstić information content (AvgIpc) is 2.75. The van der Waals surface area contributed by atoms with E-state index in [0.29, 0.717) is 12.5 Å². The third-order valence-corrected chi connectivity index (χ3v) is 3.03. The number of imidazole rings is 1. The lowest BCUT2D eigenvalue weighted by molar-refractivity contribution is 1.08. The van der Waals surface area contributed by atoms with Crippen LogP contribution in [0.4, 0.5) is 5.95 Å². The zero-order valence-corrected chi connectivity index (χ0v) is 9.88. The molecule has 18 heavy (non-hydrogen) atoms. The molecule has 4 nitrogen and oxygen atoms in total. The zero-order chi connectivity index (χ0) is 12.5. The Morgan fingerprint density at radius 2 is 1.78 bits per heavy atom. The van der Waals surface area contributed by atoms with Crippen molar-refractivity contribution in [3.8, 4) is 5.69 Å².